The van der Waals surface area contributed by atoms with Crippen LogP contribution in [0.5, 0.6) is 0 Å². The van der Waals surface area contributed by atoms with Crippen molar-refractivity contribution in [2.75, 3.05) is 5.32 Å². The van der Waals surface area contributed by atoms with E-state index in [0.717, 1.165) is 6.42 Å². The van der Waals surface area contributed by atoms with Gasteiger partial charge in [-0.3, -0.25) is 9.59 Å². The molecule has 2 heterocycles. The Hall–Kier alpha value is -3.92. The standard InChI is InChI=1S/C26H22FN3O5S/c27-16-9-5-13(6-10-16)12-30-22-15-8-7-14(11-15)19(22)23(31)20(26(30)33)21-24(25(28)32)36(34,35)18-4-2-1-3-17(18)29-21/h1-10,14-15,19,22,29,31H,11-12H2,(H2,28,32). The molecule has 2 aliphatic carbocycles. The molecule has 0 spiro atoms. The smallest absolute Gasteiger partial charge is 0.262 e. The van der Waals surface area contributed by atoms with Crippen molar-refractivity contribution in [2.45, 2.75) is 23.9 Å². The fourth-order valence-corrected chi connectivity index (χ4v) is 7.58. The van der Waals surface area contributed by atoms with Crippen LogP contribution in [0.15, 0.2) is 87.5 Å². The molecule has 0 radical (unpaired) electrons. The molecule has 4 atom stereocenters. The second-order valence-electron chi connectivity index (χ2n) is 9.48. The molecule has 4 N–H and O–H groups in total. The highest BCUT2D eigenvalue weighted by atomic mass is 32.2. The van der Waals surface area contributed by atoms with E-state index in [-0.39, 0.29) is 52.0 Å². The molecule has 6 rings (SSSR count). The third-order valence-corrected chi connectivity index (χ3v) is 9.37. The minimum Gasteiger partial charge on any atom is -0.511 e. The van der Waals surface area contributed by atoms with E-state index in [1.165, 1.54) is 30.3 Å². The Morgan fingerprint density at radius 1 is 1.11 bits per heavy atom. The van der Waals surface area contributed by atoms with E-state index >= 15 is 0 Å². The lowest BCUT2D eigenvalue weighted by Crippen LogP contribution is -2.52. The number of amides is 2. The molecule has 1 fully saturated rings. The summed E-state index contributed by atoms with van der Waals surface area (Å²) < 4.78 is 40.3. The molecule has 1 saturated carbocycles. The van der Waals surface area contributed by atoms with E-state index in [2.05, 4.69) is 5.32 Å². The normalized spacial score (nSPS) is 27.7. The number of aliphatic hydroxyl groups excluding tert-OH is 1. The van der Waals surface area contributed by atoms with Gasteiger partial charge in [-0.25, -0.2) is 12.8 Å². The molecule has 4 aliphatic rings. The SMILES string of the molecule is NC(=O)C1=C(C2=C(O)C3C4C=CC(C4)C3N(Cc3ccc(F)cc3)C2=O)Nc2ccccc2S1(=O)=O. The number of anilines is 1. The number of nitrogens with zero attached hydrogens (tertiary/aromatic N) is 1. The van der Waals surface area contributed by atoms with E-state index < -0.39 is 38.3 Å². The minimum absolute atomic E-state index is 0.0152. The van der Waals surface area contributed by atoms with Gasteiger partial charge in [-0.2, -0.15) is 0 Å². The molecular weight excluding hydrogens is 485 g/mol. The van der Waals surface area contributed by atoms with Gasteiger partial charge in [0.1, 0.15) is 17.1 Å². The van der Waals surface area contributed by atoms with Crippen LogP contribution in [0, 0.1) is 23.6 Å². The average molecular weight is 508 g/mol. The van der Waals surface area contributed by atoms with E-state index in [1.807, 2.05) is 12.2 Å². The van der Waals surface area contributed by atoms with Crippen LogP contribution >= 0.6 is 0 Å². The van der Waals surface area contributed by atoms with Crippen LogP contribution in [-0.4, -0.2) is 36.3 Å². The van der Waals surface area contributed by atoms with Crippen LogP contribution < -0.4 is 11.1 Å². The predicted octanol–water partition coefficient (Wildman–Crippen LogP) is 2.77. The zero-order chi connectivity index (χ0) is 25.4. The summed E-state index contributed by atoms with van der Waals surface area (Å²) in [5.41, 5.74) is 5.78. The quantitative estimate of drug-likeness (QED) is 0.546. The van der Waals surface area contributed by atoms with Gasteiger partial charge in [-0.05, 0) is 48.1 Å². The lowest BCUT2D eigenvalue weighted by molar-refractivity contribution is -0.133. The highest BCUT2D eigenvalue weighted by Gasteiger charge is 2.55. The van der Waals surface area contributed by atoms with Crippen LogP contribution in [0.25, 0.3) is 0 Å². The summed E-state index contributed by atoms with van der Waals surface area (Å²) in [5, 5.41) is 14.3. The molecule has 2 aromatic rings. The van der Waals surface area contributed by atoms with Crippen LogP contribution in [0.3, 0.4) is 0 Å². The summed E-state index contributed by atoms with van der Waals surface area (Å²) in [7, 11) is -4.37. The van der Waals surface area contributed by atoms with Crippen molar-refractivity contribution in [1.82, 2.24) is 4.90 Å². The molecule has 2 amide bonds. The lowest BCUT2D eigenvalue weighted by atomic mass is 9.80. The molecule has 10 heteroatoms. The monoisotopic (exact) mass is 507 g/mol. The Morgan fingerprint density at radius 2 is 1.81 bits per heavy atom. The van der Waals surface area contributed by atoms with Gasteiger partial charge in [-0.15, -0.1) is 0 Å². The average Bonchev–Trinajstić information content (AvgIpc) is 3.45. The summed E-state index contributed by atoms with van der Waals surface area (Å²) >= 11 is 0. The summed E-state index contributed by atoms with van der Waals surface area (Å²) in [5.74, 6) is -3.04. The van der Waals surface area contributed by atoms with Crippen molar-refractivity contribution in [1.29, 1.82) is 0 Å². The first kappa shape index (κ1) is 22.5. The number of halogens is 1. The van der Waals surface area contributed by atoms with Gasteiger partial charge in [0.2, 0.25) is 9.84 Å². The zero-order valence-electron chi connectivity index (χ0n) is 18.9. The maximum absolute atomic E-state index is 14.0. The van der Waals surface area contributed by atoms with Crippen LogP contribution in [0.4, 0.5) is 10.1 Å². The predicted molar refractivity (Wildman–Crippen MR) is 128 cm³/mol. The first-order chi connectivity index (χ1) is 17.2. The summed E-state index contributed by atoms with van der Waals surface area (Å²) in [6.07, 6.45) is 4.76. The summed E-state index contributed by atoms with van der Waals surface area (Å²) in [6, 6.07) is 11.4. The number of sulfone groups is 1. The third kappa shape index (κ3) is 3.13. The van der Waals surface area contributed by atoms with Crippen LogP contribution in [0.1, 0.15) is 12.0 Å². The molecular formula is C26H22FN3O5S. The second-order valence-corrected chi connectivity index (χ2v) is 11.3. The van der Waals surface area contributed by atoms with Crippen molar-refractivity contribution >= 4 is 27.3 Å². The Kier molecular flexibility index (Phi) is 4.88. The summed E-state index contributed by atoms with van der Waals surface area (Å²) in [4.78, 5) is 27.2. The van der Waals surface area contributed by atoms with Gasteiger partial charge in [0.25, 0.3) is 11.8 Å². The van der Waals surface area contributed by atoms with Gasteiger partial charge in [0.05, 0.1) is 16.3 Å². The van der Waals surface area contributed by atoms with Crippen molar-refractivity contribution in [3.8, 4) is 0 Å². The van der Waals surface area contributed by atoms with Crippen molar-refractivity contribution in [3.63, 3.8) is 0 Å². The van der Waals surface area contributed by atoms with E-state index in [1.54, 1.807) is 23.1 Å². The number of carbonyl (C=O) groups excluding carboxylic acids is 2. The molecule has 2 aliphatic heterocycles. The second kappa shape index (κ2) is 7.79. The Bertz CT molecular complexity index is 1530. The number of allylic oxidation sites excluding steroid dienone is 1. The number of hydrogen-bond donors (Lipinski definition) is 3. The van der Waals surface area contributed by atoms with Crippen molar-refractivity contribution in [2.24, 2.45) is 23.5 Å². The van der Waals surface area contributed by atoms with Gasteiger partial charge >= 0.3 is 0 Å². The molecule has 2 aromatic carbocycles. The number of hydrogen-bond acceptors (Lipinski definition) is 6. The fourth-order valence-electron chi connectivity index (χ4n) is 6.01. The summed E-state index contributed by atoms with van der Waals surface area (Å²) in [6.45, 7) is 0.122. The number of fused-ring (bicyclic) bond motifs is 6. The molecule has 184 valence electrons. The number of para-hydroxylation sites is 1. The number of benzene rings is 2. The number of aliphatic hydroxyl groups is 1. The molecule has 36 heavy (non-hydrogen) atoms. The molecule has 4 unspecified atom stereocenters. The third-order valence-electron chi connectivity index (χ3n) is 7.50. The maximum Gasteiger partial charge on any atom is 0.262 e. The van der Waals surface area contributed by atoms with E-state index in [0.29, 0.717) is 5.56 Å². The minimum atomic E-state index is -4.37. The largest absolute Gasteiger partial charge is 0.511 e. The molecule has 8 nitrogen and oxygen atoms in total. The highest BCUT2D eigenvalue weighted by molar-refractivity contribution is 7.96. The maximum atomic E-state index is 14.0. The van der Waals surface area contributed by atoms with E-state index in [4.69, 9.17) is 5.73 Å². The first-order valence-corrected chi connectivity index (χ1v) is 13.0. The fraction of sp³-hybridized carbons (Fsp3) is 0.231. The number of primary amides is 1. The number of nitrogens with two attached hydrogens (primary N) is 1. The Balaban J connectivity index is 1.54. The van der Waals surface area contributed by atoms with E-state index in [9.17, 15) is 27.5 Å². The van der Waals surface area contributed by atoms with Crippen molar-refractivity contribution in [3.05, 3.63) is 94.0 Å². The number of carbonyl (C=O) groups is 2. The first-order valence-electron chi connectivity index (χ1n) is 11.5. The van der Waals surface area contributed by atoms with Gasteiger partial charge in [-0.1, -0.05) is 36.4 Å². The molecule has 0 saturated heterocycles. The van der Waals surface area contributed by atoms with Crippen molar-refractivity contribution < 1.29 is 27.5 Å². The molecule has 0 aromatic heterocycles. The Morgan fingerprint density at radius 3 is 2.53 bits per heavy atom. The van der Waals surface area contributed by atoms with Crippen LogP contribution in [0.2, 0.25) is 0 Å². The van der Waals surface area contributed by atoms with Gasteiger partial charge in [0, 0.05) is 18.5 Å². The topological polar surface area (TPSA) is 130 Å². The van der Waals surface area contributed by atoms with Gasteiger partial charge in [0.15, 0.2) is 4.91 Å². The van der Waals surface area contributed by atoms with Gasteiger partial charge < -0.3 is 21.1 Å². The van der Waals surface area contributed by atoms with Crippen LogP contribution in [-0.2, 0) is 26.0 Å². The lowest BCUT2D eigenvalue weighted by Gasteiger charge is -2.43. The number of rotatable bonds is 4. The zero-order valence-corrected chi connectivity index (χ0v) is 19.7. The Labute approximate surface area is 206 Å². The molecule has 2 bridgehead atoms. The highest BCUT2D eigenvalue weighted by Crippen LogP contribution is 2.53. The number of nitrogens with one attached hydrogen (secondary N) is 1.